The van der Waals surface area contributed by atoms with Crippen molar-refractivity contribution in [1.82, 2.24) is 0 Å². The largest absolute Gasteiger partial charge is 0.461 e. The molecular weight excluding hydrogens is 172 g/mol. The quantitative estimate of drug-likeness (QED) is 0.467. The van der Waals surface area contributed by atoms with Crippen LogP contribution in [0.3, 0.4) is 0 Å². The highest BCUT2D eigenvalue weighted by Crippen LogP contribution is 2.29. The number of ether oxygens (including phenoxy) is 2. The average Bonchev–Trinajstić information content (AvgIpc) is 2.34. The molecule has 1 aliphatic rings. The summed E-state index contributed by atoms with van der Waals surface area (Å²) in [5.41, 5.74) is -0.845. The van der Waals surface area contributed by atoms with E-state index in [-0.39, 0.29) is 12.6 Å². The molecule has 2 atom stereocenters. The summed E-state index contributed by atoms with van der Waals surface area (Å²) in [5, 5.41) is 0. The van der Waals surface area contributed by atoms with Gasteiger partial charge in [-0.2, -0.15) is 0 Å². The van der Waals surface area contributed by atoms with E-state index in [4.69, 9.17) is 9.47 Å². The molecule has 4 nitrogen and oxygen atoms in total. The lowest BCUT2D eigenvalue weighted by atomic mass is 9.94. The molecule has 13 heavy (non-hydrogen) atoms. The lowest BCUT2D eigenvalue weighted by Crippen LogP contribution is -2.38. The van der Waals surface area contributed by atoms with Gasteiger partial charge in [0.25, 0.3) is 0 Å². The van der Waals surface area contributed by atoms with E-state index in [1.54, 1.807) is 13.8 Å². The van der Waals surface area contributed by atoms with Crippen LogP contribution in [0.15, 0.2) is 12.7 Å². The van der Waals surface area contributed by atoms with Gasteiger partial charge in [-0.05, 0) is 13.8 Å². The average molecular weight is 184 g/mol. The Kier molecular flexibility index (Phi) is 2.40. The van der Waals surface area contributed by atoms with Crippen LogP contribution in [0.2, 0.25) is 0 Å². The first-order valence-electron chi connectivity index (χ1n) is 4.01. The maximum Gasteiger partial charge on any atom is 0.330 e. The van der Waals surface area contributed by atoms with Gasteiger partial charge in [-0.1, -0.05) is 6.58 Å². The monoisotopic (exact) mass is 184 g/mol. The number of hydrogen-bond acceptors (Lipinski definition) is 4. The molecule has 1 heterocycles. The summed E-state index contributed by atoms with van der Waals surface area (Å²) in [7, 11) is 0. The summed E-state index contributed by atoms with van der Waals surface area (Å²) in [6, 6.07) is 0. The molecule has 1 saturated heterocycles. The molecule has 1 rings (SSSR count). The fourth-order valence-electron chi connectivity index (χ4n) is 1.10. The number of hydrogen-bond donors (Lipinski definition) is 0. The van der Waals surface area contributed by atoms with Crippen LogP contribution in [0.1, 0.15) is 13.8 Å². The van der Waals surface area contributed by atoms with Crippen molar-refractivity contribution in [3.8, 4) is 0 Å². The molecule has 0 amide bonds. The first-order chi connectivity index (χ1) is 5.99. The van der Waals surface area contributed by atoms with E-state index >= 15 is 0 Å². The maximum absolute atomic E-state index is 11.0. The van der Waals surface area contributed by atoms with Gasteiger partial charge in [-0.15, -0.1) is 0 Å². The van der Waals surface area contributed by atoms with E-state index in [1.807, 2.05) is 0 Å². The van der Waals surface area contributed by atoms with E-state index in [0.717, 1.165) is 6.08 Å². The number of cyclic esters (lactones) is 1. The topological polar surface area (TPSA) is 52.6 Å². The minimum atomic E-state index is -0.845. The molecule has 0 N–H and O–H groups in total. The van der Waals surface area contributed by atoms with Crippen LogP contribution in [0.5, 0.6) is 0 Å². The summed E-state index contributed by atoms with van der Waals surface area (Å²) in [6.07, 6.45) is 1.07. The van der Waals surface area contributed by atoms with Crippen molar-refractivity contribution in [1.29, 1.82) is 0 Å². The molecule has 0 bridgehead atoms. The third kappa shape index (κ3) is 1.71. The van der Waals surface area contributed by atoms with Crippen molar-refractivity contribution in [2.24, 2.45) is 5.92 Å². The van der Waals surface area contributed by atoms with E-state index in [2.05, 4.69) is 6.58 Å². The SMILES string of the molecule is C=CC(=O)OC1(C)COC(=O)C1C. The molecule has 0 aliphatic carbocycles. The summed E-state index contributed by atoms with van der Waals surface area (Å²) < 4.78 is 9.80. The Labute approximate surface area is 76.5 Å². The Bertz CT molecular complexity index is 258. The normalized spacial score (nSPS) is 32.5. The van der Waals surface area contributed by atoms with Crippen molar-refractivity contribution in [2.45, 2.75) is 19.4 Å². The van der Waals surface area contributed by atoms with Crippen LogP contribution >= 0.6 is 0 Å². The second-order valence-electron chi connectivity index (χ2n) is 3.27. The molecule has 1 fully saturated rings. The van der Waals surface area contributed by atoms with Gasteiger partial charge in [0.1, 0.15) is 6.61 Å². The molecule has 2 unspecified atom stereocenters. The van der Waals surface area contributed by atoms with Crippen molar-refractivity contribution in [2.75, 3.05) is 6.61 Å². The van der Waals surface area contributed by atoms with E-state index in [1.165, 1.54) is 0 Å². The molecule has 0 radical (unpaired) electrons. The molecule has 0 saturated carbocycles. The van der Waals surface area contributed by atoms with Crippen LogP contribution in [-0.4, -0.2) is 24.1 Å². The molecule has 72 valence electrons. The van der Waals surface area contributed by atoms with Gasteiger partial charge in [0.15, 0.2) is 5.60 Å². The van der Waals surface area contributed by atoms with Gasteiger partial charge in [0.2, 0.25) is 0 Å². The van der Waals surface area contributed by atoms with Crippen molar-refractivity contribution in [3.05, 3.63) is 12.7 Å². The van der Waals surface area contributed by atoms with Gasteiger partial charge in [-0.25, -0.2) is 4.79 Å². The van der Waals surface area contributed by atoms with Crippen LogP contribution in [0, 0.1) is 5.92 Å². The number of carbonyl (C=O) groups excluding carboxylic acids is 2. The summed E-state index contributed by atoms with van der Waals surface area (Å²) >= 11 is 0. The molecule has 0 aromatic heterocycles. The highest BCUT2D eigenvalue weighted by Gasteiger charge is 2.47. The van der Waals surface area contributed by atoms with Gasteiger partial charge in [-0.3, -0.25) is 4.79 Å². The Morgan fingerprint density at radius 3 is 2.85 bits per heavy atom. The van der Waals surface area contributed by atoms with Gasteiger partial charge < -0.3 is 9.47 Å². The predicted molar refractivity (Wildman–Crippen MR) is 44.8 cm³/mol. The molecule has 0 aromatic rings. The van der Waals surface area contributed by atoms with Crippen LogP contribution in [0.4, 0.5) is 0 Å². The van der Waals surface area contributed by atoms with Gasteiger partial charge in [0, 0.05) is 6.08 Å². The lowest BCUT2D eigenvalue weighted by molar-refractivity contribution is -0.154. The number of esters is 2. The summed E-state index contributed by atoms with van der Waals surface area (Å²) in [4.78, 5) is 21.9. The smallest absolute Gasteiger partial charge is 0.330 e. The molecule has 1 aliphatic heterocycles. The Hall–Kier alpha value is -1.32. The fourth-order valence-corrected chi connectivity index (χ4v) is 1.10. The van der Waals surface area contributed by atoms with E-state index in [0.29, 0.717) is 0 Å². The second kappa shape index (κ2) is 3.20. The van der Waals surface area contributed by atoms with E-state index < -0.39 is 17.5 Å². The molecular formula is C9H12O4. The standard InChI is InChI=1S/C9H12O4/c1-4-7(10)13-9(3)5-12-8(11)6(9)2/h4,6H,1,5H2,2-3H3. The predicted octanol–water partition coefficient (Wildman–Crippen LogP) is 0.667. The summed E-state index contributed by atoms with van der Waals surface area (Å²) in [5.74, 6) is -1.29. The van der Waals surface area contributed by atoms with Gasteiger partial charge in [0.05, 0.1) is 5.92 Å². The highest BCUT2D eigenvalue weighted by molar-refractivity contribution is 5.83. The molecule has 0 aromatic carbocycles. The Morgan fingerprint density at radius 1 is 1.85 bits per heavy atom. The third-order valence-corrected chi connectivity index (χ3v) is 2.27. The maximum atomic E-state index is 11.0. The second-order valence-corrected chi connectivity index (χ2v) is 3.27. The highest BCUT2D eigenvalue weighted by atomic mass is 16.6. The zero-order valence-electron chi connectivity index (χ0n) is 7.70. The van der Waals surface area contributed by atoms with Gasteiger partial charge >= 0.3 is 11.9 Å². The number of rotatable bonds is 2. The fraction of sp³-hybridized carbons (Fsp3) is 0.556. The van der Waals surface area contributed by atoms with Crippen molar-refractivity contribution >= 4 is 11.9 Å². The first kappa shape index (κ1) is 9.77. The number of carbonyl (C=O) groups is 2. The van der Waals surface area contributed by atoms with Crippen LogP contribution in [-0.2, 0) is 19.1 Å². The minimum Gasteiger partial charge on any atom is -0.461 e. The third-order valence-electron chi connectivity index (χ3n) is 2.27. The van der Waals surface area contributed by atoms with Crippen molar-refractivity contribution < 1.29 is 19.1 Å². The van der Waals surface area contributed by atoms with Crippen molar-refractivity contribution in [3.63, 3.8) is 0 Å². The van der Waals surface area contributed by atoms with Crippen LogP contribution < -0.4 is 0 Å². The lowest BCUT2D eigenvalue weighted by Gasteiger charge is -2.24. The Morgan fingerprint density at radius 2 is 2.46 bits per heavy atom. The van der Waals surface area contributed by atoms with Crippen LogP contribution in [0.25, 0.3) is 0 Å². The summed E-state index contributed by atoms with van der Waals surface area (Å²) in [6.45, 7) is 6.74. The zero-order chi connectivity index (χ0) is 10.1. The zero-order valence-corrected chi connectivity index (χ0v) is 7.70. The first-order valence-corrected chi connectivity index (χ1v) is 4.01. The molecule has 4 heteroatoms. The van der Waals surface area contributed by atoms with E-state index in [9.17, 15) is 9.59 Å². The molecule has 0 spiro atoms. The Balaban J connectivity index is 2.71. The minimum absolute atomic E-state index is 0.118.